The summed E-state index contributed by atoms with van der Waals surface area (Å²) >= 11 is 1.74. The van der Waals surface area contributed by atoms with Gasteiger partial charge in [-0.25, -0.2) is 4.98 Å². The molecule has 0 spiro atoms. The third-order valence-corrected chi connectivity index (χ3v) is 2.35. The summed E-state index contributed by atoms with van der Waals surface area (Å²) in [6.07, 6.45) is 0. The number of rotatable bonds is 0. The fraction of sp³-hybridized carbons (Fsp3) is 0.125. The number of aryl methyl sites for hydroxylation is 1. The molecule has 0 aliphatic rings. The normalized spacial score (nSPS) is 11.0. The van der Waals surface area contributed by atoms with Gasteiger partial charge in [0.1, 0.15) is 0 Å². The first-order valence-electron chi connectivity index (χ1n) is 3.81. The number of fused-ring (bicyclic) bond motifs is 1. The molecular formula is C8H8ClNO4S. The number of benzene rings is 1. The average Bonchev–Trinajstić information content (AvgIpc) is 2.40. The van der Waals surface area contributed by atoms with Gasteiger partial charge < -0.3 is 0 Å². The summed E-state index contributed by atoms with van der Waals surface area (Å²) < 4.78 is 34.0. The monoisotopic (exact) mass is 249 g/mol. The van der Waals surface area contributed by atoms with E-state index in [0.29, 0.717) is 0 Å². The standard InChI is InChI=1S/C8H7NS.ClHO4/c1-6-9-7-4-2-3-5-8(7)10-6;2-1(3,4)5/h2-5H,1H3;(H,2,3,4,5). The lowest BCUT2D eigenvalue weighted by Crippen LogP contribution is -2.58. The molecule has 1 heterocycles. The Morgan fingerprint density at radius 3 is 2.33 bits per heavy atom. The highest BCUT2D eigenvalue weighted by Crippen LogP contribution is 2.19. The van der Waals surface area contributed by atoms with Gasteiger partial charge in [0.05, 0.1) is 30.1 Å². The zero-order chi connectivity index (χ0) is 11.5. The third kappa shape index (κ3) is 5.03. The van der Waals surface area contributed by atoms with Gasteiger partial charge >= 0.3 is 0 Å². The van der Waals surface area contributed by atoms with Crippen molar-refractivity contribution >= 4 is 21.6 Å². The summed E-state index contributed by atoms with van der Waals surface area (Å²) in [4.78, 5) is 4.33. The maximum Gasteiger partial charge on any atom is 0.0907 e. The smallest absolute Gasteiger partial charge is 0.0907 e. The molecule has 0 aliphatic carbocycles. The molecule has 2 aromatic rings. The lowest BCUT2D eigenvalue weighted by Gasteiger charge is -2.03. The summed E-state index contributed by atoms with van der Waals surface area (Å²) in [6, 6.07) is 8.19. The van der Waals surface area contributed by atoms with Gasteiger partial charge in [0.2, 0.25) is 0 Å². The molecule has 0 bridgehead atoms. The van der Waals surface area contributed by atoms with Crippen molar-refractivity contribution in [3.63, 3.8) is 0 Å². The Kier molecular flexibility index (Phi) is 3.97. The van der Waals surface area contributed by atoms with Crippen LogP contribution in [0.3, 0.4) is 0 Å². The van der Waals surface area contributed by atoms with Crippen LogP contribution >= 0.6 is 11.3 Å². The second-order valence-electron chi connectivity index (χ2n) is 2.60. The molecule has 0 unspecified atom stereocenters. The fourth-order valence-corrected chi connectivity index (χ4v) is 1.81. The number of halogens is 1. The number of hydrogen-bond donors (Lipinski definition) is 1. The lowest BCUT2D eigenvalue weighted by atomic mass is 10.3. The highest BCUT2D eigenvalue weighted by atomic mass is 35.7. The van der Waals surface area contributed by atoms with Crippen molar-refractivity contribution in [1.82, 2.24) is 4.98 Å². The number of aromatic nitrogens is 1. The summed E-state index contributed by atoms with van der Waals surface area (Å²) in [5.74, 6) is 0. The molecule has 0 amide bonds. The zero-order valence-electron chi connectivity index (χ0n) is 7.71. The molecule has 0 saturated heterocycles. The first kappa shape index (κ1) is 12.3. The maximum atomic E-state index is 8.60. The van der Waals surface area contributed by atoms with Crippen molar-refractivity contribution in [3.05, 3.63) is 29.3 Å². The topological polar surface area (TPSA) is 102 Å². The van der Waals surface area contributed by atoms with Gasteiger partial charge in [-0.2, -0.15) is 14.0 Å². The number of hydrogen-bond acceptors (Lipinski definition) is 6. The molecule has 1 aromatic carbocycles. The minimum atomic E-state index is -4.69. The molecule has 82 valence electrons. The predicted octanol–water partition coefficient (Wildman–Crippen LogP) is -1.52. The third-order valence-electron chi connectivity index (χ3n) is 1.40. The van der Waals surface area contributed by atoms with Crippen molar-refractivity contribution in [1.29, 1.82) is 0 Å². The quantitative estimate of drug-likeness (QED) is 0.611. The minimum Gasteiger partial charge on any atom is -0.242 e. The van der Waals surface area contributed by atoms with Crippen LogP contribution < -0.4 is 14.0 Å². The molecule has 1 aromatic heterocycles. The molecule has 2 rings (SSSR count). The Labute approximate surface area is 92.0 Å². The van der Waals surface area contributed by atoms with Crippen LogP contribution in [0.4, 0.5) is 0 Å². The first-order valence-corrected chi connectivity index (χ1v) is 5.90. The molecule has 0 radical (unpaired) electrons. The Balaban J connectivity index is 0.000000195. The van der Waals surface area contributed by atoms with Crippen molar-refractivity contribution in [2.24, 2.45) is 0 Å². The van der Waals surface area contributed by atoms with Gasteiger partial charge in [0.15, 0.2) is 0 Å². The summed E-state index contributed by atoms with van der Waals surface area (Å²) in [5, 5.41) is 1.14. The predicted molar refractivity (Wildman–Crippen MR) is 46.6 cm³/mol. The molecule has 15 heavy (non-hydrogen) atoms. The van der Waals surface area contributed by atoms with Crippen molar-refractivity contribution in [2.75, 3.05) is 0 Å². The van der Waals surface area contributed by atoms with Crippen LogP contribution in [0.1, 0.15) is 5.01 Å². The summed E-state index contributed by atoms with van der Waals surface area (Å²) in [5.41, 5.74) is 1.12. The second-order valence-corrected chi connectivity index (χ2v) is 4.62. The van der Waals surface area contributed by atoms with E-state index in [9.17, 15) is 0 Å². The Hall–Kier alpha value is -0.760. The Bertz CT molecular complexity index is 400. The van der Waals surface area contributed by atoms with Crippen LogP contribution in [0.25, 0.3) is 10.2 Å². The van der Waals surface area contributed by atoms with Crippen molar-refractivity contribution < 1.29 is 28.9 Å². The molecule has 0 aliphatic heterocycles. The summed E-state index contributed by atoms with van der Waals surface area (Å²) in [7, 11) is -4.69. The molecule has 0 fully saturated rings. The molecular weight excluding hydrogens is 242 g/mol. The fourth-order valence-electron chi connectivity index (χ4n) is 0.987. The van der Waals surface area contributed by atoms with Crippen LogP contribution in [-0.4, -0.2) is 9.64 Å². The molecule has 5 nitrogen and oxygen atoms in total. The first-order chi connectivity index (χ1) is 6.86. The van der Waals surface area contributed by atoms with E-state index in [1.54, 1.807) is 11.3 Å². The van der Waals surface area contributed by atoms with Gasteiger partial charge in [0, 0.05) is 0 Å². The van der Waals surface area contributed by atoms with Gasteiger partial charge in [-0.3, -0.25) is 0 Å². The second kappa shape index (κ2) is 4.84. The van der Waals surface area contributed by atoms with E-state index in [1.807, 2.05) is 25.1 Å². The van der Waals surface area contributed by atoms with E-state index in [4.69, 9.17) is 18.6 Å². The van der Waals surface area contributed by atoms with E-state index in [-0.39, 0.29) is 0 Å². The number of nitrogens with zero attached hydrogens (tertiary/aromatic N) is 1. The van der Waals surface area contributed by atoms with Crippen LogP contribution in [-0.2, 0) is 0 Å². The lowest BCUT2D eigenvalue weighted by molar-refractivity contribution is -1.92. The van der Waals surface area contributed by atoms with Crippen molar-refractivity contribution in [3.8, 4) is 0 Å². The van der Waals surface area contributed by atoms with E-state index < -0.39 is 10.2 Å². The number of para-hydroxylation sites is 1. The highest BCUT2D eigenvalue weighted by Gasteiger charge is 1.98. The van der Waals surface area contributed by atoms with E-state index in [2.05, 4.69) is 11.1 Å². The molecule has 0 atom stereocenters. The van der Waals surface area contributed by atoms with Crippen LogP contribution in [0.15, 0.2) is 24.3 Å². The number of thiazole rings is 1. The minimum absolute atomic E-state index is 1.12. The van der Waals surface area contributed by atoms with Gasteiger partial charge in [-0.1, -0.05) is 12.1 Å². The van der Waals surface area contributed by atoms with Crippen LogP contribution in [0.5, 0.6) is 0 Å². The molecule has 7 heteroatoms. The Morgan fingerprint density at radius 2 is 1.80 bits per heavy atom. The van der Waals surface area contributed by atoms with Crippen LogP contribution in [0, 0.1) is 17.2 Å². The van der Waals surface area contributed by atoms with Crippen molar-refractivity contribution in [2.45, 2.75) is 6.92 Å². The zero-order valence-corrected chi connectivity index (χ0v) is 9.29. The Morgan fingerprint density at radius 1 is 1.27 bits per heavy atom. The van der Waals surface area contributed by atoms with Gasteiger partial charge in [-0.15, -0.1) is 11.3 Å². The highest BCUT2D eigenvalue weighted by molar-refractivity contribution is 7.18. The van der Waals surface area contributed by atoms with E-state index in [0.717, 1.165) is 10.5 Å². The van der Waals surface area contributed by atoms with Gasteiger partial charge in [-0.05, 0) is 19.1 Å². The molecule has 0 saturated carbocycles. The van der Waals surface area contributed by atoms with Gasteiger partial charge in [0.25, 0.3) is 0 Å². The van der Waals surface area contributed by atoms with E-state index in [1.165, 1.54) is 4.70 Å². The largest absolute Gasteiger partial charge is 0.242 e. The average molecular weight is 250 g/mol. The van der Waals surface area contributed by atoms with E-state index >= 15 is 0 Å². The SMILES string of the molecule is Cc1nc2ccccc2s1.[O-][Cl+3]([O-])([O-])O. The maximum absolute atomic E-state index is 8.60. The van der Waals surface area contributed by atoms with Crippen LogP contribution in [0.2, 0.25) is 0 Å². The summed E-state index contributed by atoms with van der Waals surface area (Å²) in [6.45, 7) is 2.03. The molecule has 1 N–H and O–H groups in total.